The Kier molecular flexibility index (Phi) is 2.49. The Labute approximate surface area is 48.9 Å². The van der Waals surface area contributed by atoms with Gasteiger partial charge in [0.2, 0.25) is 0 Å². The van der Waals surface area contributed by atoms with E-state index in [2.05, 4.69) is 0 Å². The molecule has 0 aromatic carbocycles. The molecule has 0 amide bonds. The lowest BCUT2D eigenvalue weighted by molar-refractivity contribution is 0.601. The molecule has 0 N–H and O–H groups in total. The van der Waals surface area contributed by atoms with E-state index in [-0.39, 0.29) is 12.2 Å². The number of hydrogen-bond acceptors (Lipinski definition) is 3. The van der Waals surface area contributed by atoms with Gasteiger partial charge in [0.05, 0.1) is 11.8 Å². The van der Waals surface area contributed by atoms with Crippen LogP contribution in [-0.2, 0) is 9.84 Å². The van der Waals surface area contributed by atoms with Gasteiger partial charge in [0.1, 0.15) is 9.84 Å². The maximum Gasteiger partial charge on any atom is 0.148 e. The lowest BCUT2D eigenvalue weighted by Gasteiger charge is -1.85. The van der Waals surface area contributed by atoms with Crippen molar-refractivity contribution in [3.05, 3.63) is 0 Å². The van der Waals surface area contributed by atoms with E-state index < -0.39 is 9.84 Å². The van der Waals surface area contributed by atoms with Crippen LogP contribution in [0.25, 0.3) is 0 Å². The van der Waals surface area contributed by atoms with Crippen molar-refractivity contribution in [2.75, 3.05) is 12.0 Å². The Hall–Kier alpha value is -0.560. The second-order valence-corrected chi connectivity index (χ2v) is 3.80. The topological polar surface area (TPSA) is 57.9 Å². The van der Waals surface area contributed by atoms with Crippen molar-refractivity contribution in [1.82, 2.24) is 0 Å². The van der Waals surface area contributed by atoms with Gasteiger partial charge in [-0.15, -0.1) is 0 Å². The molecule has 46 valence electrons. The van der Waals surface area contributed by atoms with E-state index >= 15 is 0 Å². The summed E-state index contributed by atoms with van der Waals surface area (Å²) in [5.74, 6) is -0.0243. The summed E-state index contributed by atoms with van der Waals surface area (Å²) >= 11 is 0. The first-order chi connectivity index (χ1) is 3.56. The molecule has 0 bridgehead atoms. The molecule has 0 saturated heterocycles. The van der Waals surface area contributed by atoms with E-state index in [9.17, 15) is 8.42 Å². The minimum Gasteiger partial charge on any atom is -0.229 e. The molecule has 4 heteroatoms. The quantitative estimate of drug-likeness (QED) is 0.530. The summed E-state index contributed by atoms with van der Waals surface area (Å²) in [7, 11) is -2.91. The molecular weight excluding hydrogens is 126 g/mol. The number of sulfone groups is 1. The highest BCUT2D eigenvalue weighted by atomic mass is 32.2. The predicted octanol–water partition coefficient (Wildman–Crippen LogP) is -0.0553. The van der Waals surface area contributed by atoms with Gasteiger partial charge in [-0.1, -0.05) is 0 Å². The van der Waals surface area contributed by atoms with E-state index in [1.54, 1.807) is 6.07 Å². The smallest absolute Gasteiger partial charge is 0.148 e. The van der Waals surface area contributed by atoms with E-state index in [0.717, 1.165) is 6.26 Å². The fourth-order valence-corrected chi connectivity index (χ4v) is 0.693. The monoisotopic (exact) mass is 133 g/mol. The third kappa shape index (κ3) is 5.44. The van der Waals surface area contributed by atoms with Crippen LogP contribution in [0.3, 0.4) is 0 Å². The molecule has 0 saturated carbocycles. The zero-order chi connectivity index (χ0) is 6.62. The first kappa shape index (κ1) is 7.44. The van der Waals surface area contributed by atoms with Crippen LogP contribution in [0.15, 0.2) is 0 Å². The van der Waals surface area contributed by atoms with Gasteiger partial charge < -0.3 is 0 Å². The van der Waals surface area contributed by atoms with Crippen LogP contribution in [0.2, 0.25) is 0 Å². The van der Waals surface area contributed by atoms with Crippen LogP contribution >= 0.6 is 0 Å². The SMILES string of the molecule is CS(=O)(=O)CCC#N. The van der Waals surface area contributed by atoms with Crippen molar-refractivity contribution in [3.8, 4) is 6.07 Å². The number of nitrogens with zero attached hydrogens (tertiary/aromatic N) is 1. The van der Waals surface area contributed by atoms with Gasteiger partial charge in [-0.2, -0.15) is 5.26 Å². The lowest BCUT2D eigenvalue weighted by atomic mass is 10.6. The fraction of sp³-hybridized carbons (Fsp3) is 0.750. The van der Waals surface area contributed by atoms with Crippen LogP contribution in [0.1, 0.15) is 6.42 Å². The van der Waals surface area contributed by atoms with Gasteiger partial charge in [0.15, 0.2) is 0 Å². The van der Waals surface area contributed by atoms with Crippen molar-refractivity contribution in [1.29, 1.82) is 5.26 Å². The fourth-order valence-electron chi connectivity index (χ4n) is 0.231. The minimum atomic E-state index is -2.91. The first-order valence-electron chi connectivity index (χ1n) is 2.11. The molecule has 0 aliphatic heterocycles. The molecule has 0 rings (SSSR count). The molecule has 0 unspecified atom stereocenters. The second-order valence-electron chi connectivity index (χ2n) is 1.54. The van der Waals surface area contributed by atoms with Gasteiger partial charge in [0.25, 0.3) is 0 Å². The molecule has 0 atom stereocenters. The van der Waals surface area contributed by atoms with Crippen molar-refractivity contribution in [3.63, 3.8) is 0 Å². The maximum absolute atomic E-state index is 10.2. The maximum atomic E-state index is 10.2. The zero-order valence-electron chi connectivity index (χ0n) is 4.59. The molecule has 0 aromatic heterocycles. The number of hydrogen-bond donors (Lipinski definition) is 0. The lowest BCUT2D eigenvalue weighted by Crippen LogP contribution is -2.00. The van der Waals surface area contributed by atoms with Crippen molar-refractivity contribution >= 4 is 9.84 Å². The van der Waals surface area contributed by atoms with Crippen LogP contribution < -0.4 is 0 Å². The summed E-state index contributed by atoms with van der Waals surface area (Å²) < 4.78 is 20.5. The molecule has 8 heavy (non-hydrogen) atoms. The molecule has 0 radical (unpaired) electrons. The van der Waals surface area contributed by atoms with Crippen LogP contribution in [0.5, 0.6) is 0 Å². The van der Waals surface area contributed by atoms with E-state index in [1.165, 1.54) is 0 Å². The van der Waals surface area contributed by atoms with Crippen molar-refractivity contribution in [2.24, 2.45) is 0 Å². The second kappa shape index (κ2) is 2.68. The average molecular weight is 133 g/mol. The third-order valence-corrected chi connectivity index (χ3v) is 1.53. The molecule has 3 nitrogen and oxygen atoms in total. The van der Waals surface area contributed by atoms with Crippen LogP contribution in [0.4, 0.5) is 0 Å². The summed E-state index contributed by atoms with van der Waals surface area (Å²) in [4.78, 5) is 0. The molecule has 0 aliphatic rings. The molecular formula is C4H7NO2S. The highest BCUT2D eigenvalue weighted by Gasteiger charge is 1.98. The van der Waals surface area contributed by atoms with E-state index in [0.29, 0.717) is 0 Å². The van der Waals surface area contributed by atoms with Gasteiger partial charge in [0, 0.05) is 12.7 Å². The van der Waals surface area contributed by atoms with Gasteiger partial charge in [-0.25, -0.2) is 8.42 Å². The summed E-state index contributed by atoms with van der Waals surface area (Å²) in [5, 5.41) is 7.92. The Morgan fingerprint density at radius 3 is 2.25 bits per heavy atom. The predicted molar refractivity (Wildman–Crippen MR) is 29.9 cm³/mol. The number of rotatable bonds is 2. The normalized spacial score (nSPS) is 10.5. The summed E-state index contributed by atoms with van der Waals surface area (Å²) in [6.45, 7) is 0. The Bertz CT molecular complexity index is 187. The molecule has 0 fully saturated rings. The molecule has 0 spiro atoms. The minimum absolute atomic E-state index is 0.0243. The third-order valence-electron chi connectivity index (χ3n) is 0.585. The number of nitriles is 1. The first-order valence-corrected chi connectivity index (χ1v) is 4.17. The van der Waals surface area contributed by atoms with Crippen LogP contribution in [-0.4, -0.2) is 20.4 Å². The molecule has 0 aromatic rings. The Morgan fingerprint density at radius 1 is 1.62 bits per heavy atom. The summed E-state index contributed by atoms with van der Waals surface area (Å²) in [5.41, 5.74) is 0. The average Bonchev–Trinajstić information content (AvgIpc) is 1.59. The van der Waals surface area contributed by atoms with Gasteiger partial charge >= 0.3 is 0 Å². The van der Waals surface area contributed by atoms with Crippen molar-refractivity contribution in [2.45, 2.75) is 6.42 Å². The van der Waals surface area contributed by atoms with Crippen LogP contribution in [0, 0.1) is 11.3 Å². The van der Waals surface area contributed by atoms with Gasteiger partial charge in [-0.05, 0) is 0 Å². The molecule has 0 aliphatic carbocycles. The Balaban J connectivity index is 3.63. The summed E-state index contributed by atoms with van der Waals surface area (Å²) in [6.07, 6.45) is 1.21. The van der Waals surface area contributed by atoms with Gasteiger partial charge in [-0.3, -0.25) is 0 Å². The zero-order valence-corrected chi connectivity index (χ0v) is 5.40. The van der Waals surface area contributed by atoms with Crippen molar-refractivity contribution < 1.29 is 8.42 Å². The summed E-state index contributed by atoms with van der Waals surface area (Å²) in [6, 6.07) is 1.75. The largest absolute Gasteiger partial charge is 0.229 e. The molecule has 0 heterocycles. The standard InChI is InChI=1S/C4H7NO2S/c1-8(6,7)4-2-3-5/h2,4H2,1H3. The van der Waals surface area contributed by atoms with E-state index in [4.69, 9.17) is 5.26 Å². The highest BCUT2D eigenvalue weighted by molar-refractivity contribution is 7.90. The van der Waals surface area contributed by atoms with E-state index in [1.807, 2.05) is 0 Å². The highest BCUT2D eigenvalue weighted by Crippen LogP contribution is 1.84. The Morgan fingerprint density at radius 2 is 2.12 bits per heavy atom.